The van der Waals surface area contributed by atoms with Gasteiger partial charge in [0, 0.05) is 27.4 Å². The third kappa shape index (κ3) is 3.85. The number of aryl methyl sites for hydroxylation is 1. The number of carbonyl (C=O) groups is 4. The third-order valence-electron chi connectivity index (χ3n) is 7.54. The molecule has 2 amide bonds. The summed E-state index contributed by atoms with van der Waals surface area (Å²) in [6, 6.07) is 21.6. The topological polar surface area (TPSA) is 74.8 Å². The number of rotatable bonds is 5. The molecule has 6 nitrogen and oxygen atoms in total. The zero-order chi connectivity index (χ0) is 26.6. The summed E-state index contributed by atoms with van der Waals surface area (Å²) >= 11 is 3.40. The molecular formula is C31H23BrN2O4. The fraction of sp³-hybridized carbons (Fsp3) is 0.161. The average Bonchev–Trinajstić information content (AvgIpc) is 3.41. The van der Waals surface area contributed by atoms with Crippen LogP contribution >= 0.6 is 15.9 Å². The first-order valence-electron chi connectivity index (χ1n) is 12.4. The van der Waals surface area contributed by atoms with E-state index in [2.05, 4.69) is 15.9 Å². The van der Waals surface area contributed by atoms with Gasteiger partial charge in [-0.05, 0) is 37.3 Å². The summed E-state index contributed by atoms with van der Waals surface area (Å²) in [7, 11) is 0. The highest BCUT2D eigenvalue weighted by molar-refractivity contribution is 9.10. The zero-order valence-corrected chi connectivity index (χ0v) is 22.0. The quantitative estimate of drug-likeness (QED) is 0.316. The Labute approximate surface area is 228 Å². The molecule has 2 saturated heterocycles. The molecule has 3 heterocycles. The summed E-state index contributed by atoms with van der Waals surface area (Å²) < 4.78 is 0.832. The van der Waals surface area contributed by atoms with E-state index in [1.54, 1.807) is 83.9 Å². The summed E-state index contributed by atoms with van der Waals surface area (Å²) in [5.41, 5.74) is 2.91. The van der Waals surface area contributed by atoms with E-state index in [-0.39, 0.29) is 17.5 Å². The molecule has 7 heteroatoms. The van der Waals surface area contributed by atoms with Crippen molar-refractivity contribution in [3.63, 3.8) is 0 Å². The van der Waals surface area contributed by atoms with E-state index in [1.807, 2.05) is 25.1 Å². The molecule has 0 spiro atoms. The number of ketones is 2. The van der Waals surface area contributed by atoms with Gasteiger partial charge in [0.2, 0.25) is 11.8 Å². The van der Waals surface area contributed by atoms with Crippen LogP contribution in [0.4, 0.5) is 5.69 Å². The smallest absolute Gasteiger partial charge is 0.240 e. The molecule has 188 valence electrons. The number of halogens is 1. The number of carbonyl (C=O) groups excluding carboxylic acids is 4. The van der Waals surface area contributed by atoms with Crippen LogP contribution in [0.5, 0.6) is 0 Å². The summed E-state index contributed by atoms with van der Waals surface area (Å²) in [4.78, 5) is 57.8. The molecule has 0 N–H and O–H groups in total. The van der Waals surface area contributed by atoms with Gasteiger partial charge in [0.1, 0.15) is 6.04 Å². The molecule has 0 radical (unpaired) electrons. The molecule has 0 unspecified atom stereocenters. The summed E-state index contributed by atoms with van der Waals surface area (Å²) in [6.45, 7) is 1.93. The number of Topliss-reactive ketones (excluding diaryl/α,β-unsaturated/α-hetero) is 2. The SMILES string of the molecule is Cc1ccc(N2C(=O)[C@@H]3[C@H](C2=O)[C@H]2C=C(C(=O)c4ccccc4)C=CN2[C@@H]3C(=O)c2ccc(Br)cc2)cc1. The van der Waals surface area contributed by atoms with Crippen LogP contribution in [-0.2, 0) is 9.59 Å². The predicted octanol–water partition coefficient (Wildman–Crippen LogP) is 5.14. The molecule has 0 saturated carbocycles. The normalized spacial score (nSPS) is 23.8. The lowest BCUT2D eigenvalue weighted by molar-refractivity contribution is -0.123. The number of nitrogens with zero attached hydrogens (tertiary/aromatic N) is 2. The second-order valence-electron chi connectivity index (χ2n) is 9.79. The van der Waals surface area contributed by atoms with Gasteiger partial charge in [-0.2, -0.15) is 0 Å². The van der Waals surface area contributed by atoms with Crippen molar-refractivity contribution in [2.75, 3.05) is 4.90 Å². The highest BCUT2D eigenvalue weighted by Crippen LogP contribution is 2.47. The maximum absolute atomic E-state index is 13.9. The van der Waals surface area contributed by atoms with E-state index in [4.69, 9.17) is 0 Å². The number of anilines is 1. The second-order valence-corrected chi connectivity index (χ2v) is 10.7. The monoisotopic (exact) mass is 566 g/mol. The third-order valence-corrected chi connectivity index (χ3v) is 8.06. The minimum Gasteiger partial charge on any atom is -0.359 e. The Morgan fingerprint density at radius 2 is 1.45 bits per heavy atom. The molecule has 0 bridgehead atoms. The number of benzene rings is 3. The summed E-state index contributed by atoms with van der Waals surface area (Å²) in [6.07, 6.45) is 5.10. The Morgan fingerprint density at radius 1 is 0.789 bits per heavy atom. The Kier molecular flexibility index (Phi) is 5.95. The van der Waals surface area contributed by atoms with Crippen LogP contribution in [0.15, 0.2) is 107 Å². The molecule has 3 aliphatic heterocycles. The fourth-order valence-corrected chi connectivity index (χ4v) is 5.95. The highest BCUT2D eigenvalue weighted by atomic mass is 79.9. The lowest BCUT2D eigenvalue weighted by Gasteiger charge is -2.32. The van der Waals surface area contributed by atoms with Crippen molar-refractivity contribution < 1.29 is 19.2 Å². The van der Waals surface area contributed by atoms with Crippen LogP contribution in [0.25, 0.3) is 0 Å². The lowest BCUT2D eigenvalue weighted by atomic mass is 9.85. The van der Waals surface area contributed by atoms with E-state index in [0.29, 0.717) is 22.4 Å². The molecule has 0 aromatic heterocycles. The van der Waals surface area contributed by atoms with Gasteiger partial charge in [0.25, 0.3) is 0 Å². The van der Waals surface area contributed by atoms with Gasteiger partial charge in [-0.1, -0.05) is 82.2 Å². The average molecular weight is 567 g/mol. The minimum absolute atomic E-state index is 0.173. The number of hydrogen-bond acceptors (Lipinski definition) is 5. The van der Waals surface area contributed by atoms with Crippen molar-refractivity contribution in [2.24, 2.45) is 11.8 Å². The first kappa shape index (κ1) is 24.2. The van der Waals surface area contributed by atoms with Crippen molar-refractivity contribution in [3.8, 4) is 0 Å². The molecule has 3 aromatic rings. The Balaban J connectivity index is 1.43. The van der Waals surface area contributed by atoms with Gasteiger partial charge in [-0.25, -0.2) is 4.90 Å². The molecule has 38 heavy (non-hydrogen) atoms. The Morgan fingerprint density at radius 3 is 2.13 bits per heavy atom. The van der Waals surface area contributed by atoms with Crippen LogP contribution in [0, 0.1) is 18.8 Å². The maximum Gasteiger partial charge on any atom is 0.240 e. The van der Waals surface area contributed by atoms with Crippen LogP contribution in [0.2, 0.25) is 0 Å². The second kappa shape index (κ2) is 9.33. The van der Waals surface area contributed by atoms with E-state index < -0.39 is 29.8 Å². The molecule has 6 rings (SSSR count). The number of amides is 2. The van der Waals surface area contributed by atoms with E-state index >= 15 is 0 Å². The van der Waals surface area contributed by atoms with Crippen molar-refractivity contribution in [3.05, 3.63) is 124 Å². The van der Waals surface area contributed by atoms with Crippen molar-refractivity contribution in [1.82, 2.24) is 4.90 Å². The maximum atomic E-state index is 13.9. The Bertz CT molecular complexity index is 1530. The van der Waals surface area contributed by atoms with E-state index in [0.717, 1.165) is 10.0 Å². The first-order chi connectivity index (χ1) is 18.3. The van der Waals surface area contributed by atoms with E-state index in [9.17, 15) is 19.2 Å². The largest absolute Gasteiger partial charge is 0.359 e. The van der Waals surface area contributed by atoms with Gasteiger partial charge in [-0.3, -0.25) is 19.2 Å². The molecule has 3 aromatic carbocycles. The first-order valence-corrected chi connectivity index (χ1v) is 13.2. The number of allylic oxidation sites excluding steroid dienone is 2. The van der Waals surface area contributed by atoms with Crippen molar-refractivity contribution in [2.45, 2.75) is 19.0 Å². The van der Waals surface area contributed by atoms with Crippen LogP contribution < -0.4 is 4.90 Å². The fourth-order valence-electron chi connectivity index (χ4n) is 5.69. The van der Waals surface area contributed by atoms with Crippen LogP contribution in [0.1, 0.15) is 26.3 Å². The lowest BCUT2D eigenvalue weighted by Crippen LogP contribution is -2.46. The van der Waals surface area contributed by atoms with E-state index in [1.165, 1.54) is 4.90 Å². The van der Waals surface area contributed by atoms with Gasteiger partial charge in [-0.15, -0.1) is 0 Å². The molecular weight excluding hydrogens is 544 g/mol. The molecule has 4 atom stereocenters. The Hall–Kier alpha value is -4.10. The van der Waals surface area contributed by atoms with Crippen LogP contribution in [-0.4, -0.2) is 40.4 Å². The summed E-state index contributed by atoms with van der Waals surface area (Å²) in [5.74, 6) is -2.84. The standard InChI is InChI=1S/C31H23BrN2O4/c1-18-7-13-23(14-8-18)34-30(37)25-24-17-21(28(35)19-5-3-2-4-6-19)15-16-33(24)27(26(25)31(34)38)29(36)20-9-11-22(32)12-10-20/h2-17,24-27H,1H3/t24-,25-,26-,27+/m1/s1. The minimum atomic E-state index is -0.878. The number of fused-ring (bicyclic) bond motifs is 3. The van der Waals surface area contributed by atoms with Crippen molar-refractivity contribution >= 4 is 45.0 Å². The number of imide groups is 1. The number of hydrogen-bond donors (Lipinski definition) is 0. The predicted molar refractivity (Wildman–Crippen MR) is 147 cm³/mol. The van der Waals surface area contributed by atoms with Gasteiger partial charge < -0.3 is 4.90 Å². The molecule has 3 aliphatic rings. The van der Waals surface area contributed by atoms with Crippen molar-refractivity contribution in [1.29, 1.82) is 0 Å². The summed E-state index contributed by atoms with van der Waals surface area (Å²) in [5, 5.41) is 0. The zero-order valence-electron chi connectivity index (χ0n) is 20.5. The van der Waals surface area contributed by atoms with Gasteiger partial charge in [0.05, 0.1) is 23.6 Å². The highest BCUT2D eigenvalue weighted by Gasteiger charge is 2.63. The van der Waals surface area contributed by atoms with Crippen LogP contribution in [0.3, 0.4) is 0 Å². The van der Waals surface area contributed by atoms with Gasteiger partial charge in [0.15, 0.2) is 11.6 Å². The molecule has 0 aliphatic carbocycles. The molecule has 2 fully saturated rings. The van der Waals surface area contributed by atoms with Gasteiger partial charge >= 0.3 is 0 Å².